The molecule has 0 aromatic heterocycles. The average Bonchev–Trinajstić information content (AvgIpc) is 3.10. The van der Waals surface area contributed by atoms with Crippen LogP contribution in [0.4, 0.5) is 22.7 Å². The van der Waals surface area contributed by atoms with Crippen molar-refractivity contribution in [3.63, 3.8) is 0 Å². The fourth-order valence-corrected chi connectivity index (χ4v) is 5.30. The van der Waals surface area contributed by atoms with Crippen LogP contribution in [0.2, 0.25) is 10.0 Å². The van der Waals surface area contributed by atoms with Gasteiger partial charge in [-0.15, -0.1) is 0 Å². The number of halogens is 2. The minimum atomic E-state index is -0.455. The van der Waals surface area contributed by atoms with Gasteiger partial charge in [0, 0.05) is 37.9 Å². The molecule has 0 saturated carbocycles. The summed E-state index contributed by atoms with van der Waals surface area (Å²) in [6.07, 6.45) is 4.88. The summed E-state index contributed by atoms with van der Waals surface area (Å²) in [5, 5.41) is 12.9. The van der Waals surface area contributed by atoms with Gasteiger partial charge >= 0.3 is 0 Å². The molecule has 2 atom stereocenters. The molecular weight excluding hydrogens is 479 g/mol. The number of nitro groups is 1. The topological polar surface area (TPSA) is 87.0 Å². The molecule has 0 N–H and O–H groups in total. The van der Waals surface area contributed by atoms with Gasteiger partial charge in [-0.25, -0.2) is 4.90 Å². The van der Waals surface area contributed by atoms with Gasteiger partial charge < -0.3 is 9.80 Å². The van der Waals surface area contributed by atoms with Crippen molar-refractivity contribution in [2.24, 2.45) is 11.8 Å². The van der Waals surface area contributed by atoms with Crippen LogP contribution < -0.4 is 14.7 Å². The number of carbonyl (C=O) groups excluding carboxylic acids is 2. The molecule has 8 nitrogen and oxygen atoms in total. The van der Waals surface area contributed by atoms with E-state index >= 15 is 0 Å². The number of nitro benzene ring substituents is 1. The van der Waals surface area contributed by atoms with E-state index in [9.17, 15) is 19.7 Å². The van der Waals surface area contributed by atoms with E-state index in [0.29, 0.717) is 54.8 Å². The molecule has 2 amide bonds. The highest BCUT2D eigenvalue weighted by molar-refractivity contribution is 6.42. The molecule has 2 aromatic rings. The van der Waals surface area contributed by atoms with E-state index in [1.807, 2.05) is 29.2 Å². The molecule has 34 heavy (non-hydrogen) atoms. The first-order chi connectivity index (χ1) is 16.3. The second kappa shape index (κ2) is 8.92. The van der Waals surface area contributed by atoms with Crippen LogP contribution in [0, 0.1) is 22.0 Å². The molecular formula is C24H22Cl2N4O4. The number of hydrogen-bond acceptors (Lipinski definition) is 6. The summed E-state index contributed by atoms with van der Waals surface area (Å²) >= 11 is 12.2. The highest BCUT2D eigenvalue weighted by Gasteiger charge is 2.48. The molecule has 3 aliphatic rings. The second-order valence-corrected chi connectivity index (χ2v) is 9.48. The lowest BCUT2D eigenvalue weighted by molar-refractivity contribution is -0.384. The number of nitrogens with zero attached hydrogens (tertiary/aromatic N) is 4. The Morgan fingerprint density at radius 2 is 1.38 bits per heavy atom. The first-order valence-electron chi connectivity index (χ1n) is 11.1. The van der Waals surface area contributed by atoms with Gasteiger partial charge in [0.1, 0.15) is 5.69 Å². The molecule has 0 bridgehead atoms. The fourth-order valence-electron chi connectivity index (χ4n) is 5.01. The van der Waals surface area contributed by atoms with Crippen molar-refractivity contribution in [1.29, 1.82) is 0 Å². The Kier molecular flexibility index (Phi) is 5.95. The van der Waals surface area contributed by atoms with E-state index in [2.05, 4.69) is 4.90 Å². The molecule has 10 heteroatoms. The zero-order valence-electron chi connectivity index (χ0n) is 18.2. The van der Waals surface area contributed by atoms with Crippen molar-refractivity contribution in [3.8, 4) is 0 Å². The van der Waals surface area contributed by atoms with Crippen molar-refractivity contribution in [2.75, 3.05) is 40.9 Å². The summed E-state index contributed by atoms with van der Waals surface area (Å²) in [5.74, 6) is -1.33. The van der Waals surface area contributed by atoms with Gasteiger partial charge in [0.05, 0.1) is 32.5 Å². The van der Waals surface area contributed by atoms with Gasteiger partial charge in [-0.2, -0.15) is 0 Å². The number of rotatable bonds is 4. The van der Waals surface area contributed by atoms with Crippen LogP contribution in [0.15, 0.2) is 48.6 Å². The van der Waals surface area contributed by atoms with Gasteiger partial charge in [0.2, 0.25) is 11.8 Å². The smallest absolute Gasteiger partial charge is 0.294 e. The quantitative estimate of drug-likeness (QED) is 0.262. The van der Waals surface area contributed by atoms with Crippen LogP contribution >= 0.6 is 23.2 Å². The highest BCUT2D eigenvalue weighted by Crippen LogP contribution is 2.40. The van der Waals surface area contributed by atoms with Crippen LogP contribution in [0.3, 0.4) is 0 Å². The molecule has 1 aliphatic carbocycles. The maximum Gasteiger partial charge on any atom is 0.294 e. The number of fused-ring (bicyclic) bond motifs is 1. The number of hydrogen-bond donors (Lipinski definition) is 0. The van der Waals surface area contributed by atoms with E-state index < -0.39 is 4.92 Å². The largest absolute Gasteiger partial charge is 0.368 e. The molecule has 176 valence electrons. The number of amides is 2. The molecule has 5 rings (SSSR count). The maximum absolute atomic E-state index is 12.9. The second-order valence-electron chi connectivity index (χ2n) is 8.67. The van der Waals surface area contributed by atoms with Crippen molar-refractivity contribution in [3.05, 3.63) is 68.7 Å². The fraction of sp³-hybridized carbons (Fsp3) is 0.333. The Morgan fingerprint density at radius 3 is 1.97 bits per heavy atom. The van der Waals surface area contributed by atoms with E-state index in [0.717, 1.165) is 10.6 Å². The van der Waals surface area contributed by atoms with Crippen LogP contribution in [0.5, 0.6) is 0 Å². The first kappa shape index (κ1) is 22.7. The zero-order chi connectivity index (χ0) is 24.0. The molecule has 2 heterocycles. The summed E-state index contributed by atoms with van der Waals surface area (Å²) in [7, 11) is 0. The molecule has 2 aromatic carbocycles. The standard InChI is InChI=1S/C24H22Cl2N4O4/c25-19-7-5-15(13-20(19)26)27-9-11-28(12-10-27)21-8-6-16(14-22(21)30(33)34)29-23(31)17-3-1-2-4-18(17)24(29)32/h1-2,5-8,13-14,17-18H,3-4,9-12H2. The SMILES string of the molecule is O=C1C2CC=CCC2C(=O)N1c1ccc(N2CCN(c3ccc(Cl)c(Cl)c3)CC2)c([N+](=O)[O-])c1. The lowest BCUT2D eigenvalue weighted by Crippen LogP contribution is -2.46. The predicted octanol–water partition coefficient (Wildman–Crippen LogP) is 4.68. The van der Waals surface area contributed by atoms with Crippen LogP contribution in [0.25, 0.3) is 0 Å². The number of anilines is 3. The predicted molar refractivity (Wildman–Crippen MR) is 132 cm³/mol. The van der Waals surface area contributed by atoms with Gasteiger partial charge in [-0.1, -0.05) is 35.4 Å². The molecule has 2 unspecified atom stereocenters. The third-order valence-electron chi connectivity index (χ3n) is 6.81. The Hall–Kier alpha value is -3.10. The van der Waals surface area contributed by atoms with E-state index in [1.54, 1.807) is 18.2 Å². The molecule has 0 radical (unpaired) electrons. The normalized spacial score (nSPS) is 22.4. The molecule has 0 spiro atoms. The Balaban J connectivity index is 1.36. The van der Waals surface area contributed by atoms with E-state index in [4.69, 9.17) is 23.2 Å². The minimum Gasteiger partial charge on any atom is -0.368 e. The first-order valence-corrected chi connectivity index (χ1v) is 11.9. The Bertz CT molecular complexity index is 1180. The van der Waals surface area contributed by atoms with Gasteiger partial charge in [0.15, 0.2) is 0 Å². The third kappa shape index (κ3) is 3.91. The molecule has 2 saturated heterocycles. The summed E-state index contributed by atoms with van der Waals surface area (Å²) in [5.41, 5.74) is 1.56. The lowest BCUT2D eigenvalue weighted by atomic mass is 9.85. The lowest BCUT2D eigenvalue weighted by Gasteiger charge is -2.37. The van der Waals surface area contributed by atoms with Crippen molar-refractivity contribution < 1.29 is 14.5 Å². The Morgan fingerprint density at radius 1 is 0.794 bits per heavy atom. The van der Waals surface area contributed by atoms with Crippen molar-refractivity contribution >= 4 is 57.8 Å². The average molecular weight is 501 g/mol. The van der Waals surface area contributed by atoms with Crippen LogP contribution in [0.1, 0.15) is 12.8 Å². The summed E-state index contributed by atoms with van der Waals surface area (Å²) in [6, 6.07) is 10.1. The zero-order valence-corrected chi connectivity index (χ0v) is 19.7. The highest BCUT2D eigenvalue weighted by atomic mass is 35.5. The molecule has 2 fully saturated rings. The number of piperazine rings is 1. The van der Waals surface area contributed by atoms with Crippen LogP contribution in [-0.4, -0.2) is 42.9 Å². The number of benzene rings is 2. The van der Waals surface area contributed by atoms with Crippen LogP contribution in [-0.2, 0) is 9.59 Å². The van der Waals surface area contributed by atoms with Gasteiger partial charge in [0.25, 0.3) is 5.69 Å². The third-order valence-corrected chi connectivity index (χ3v) is 7.55. The van der Waals surface area contributed by atoms with E-state index in [1.165, 1.54) is 6.07 Å². The Labute approximate surface area is 206 Å². The van der Waals surface area contributed by atoms with Crippen molar-refractivity contribution in [2.45, 2.75) is 12.8 Å². The minimum absolute atomic E-state index is 0.117. The van der Waals surface area contributed by atoms with Gasteiger partial charge in [-0.3, -0.25) is 19.7 Å². The molecule has 2 aliphatic heterocycles. The number of imide groups is 1. The summed E-state index contributed by atoms with van der Waals surface area (Å²) < 4.78 is 0. The van der Waals surface area contributed by atoms with Crippen molar-refractivity contribution in [1.82, 2.24) is 0 Å². The maximum atomic E-state index is 12.9. The summed E-state index contributed by atoms with van der Waals surface area (Å²) in [4.78, 5) is 42.5. The number of allylic oxidation sites excluding steroid dienone is 2. The van der Waals surface area contributed by atoms with E-state index in [-0.39, 0.29) is 35.0 Å². The monoisotopic (exact) mass is 500 g/mol. The summed E-state index contributed by atoms with van der Waals surface area (Å²) in [6.45, 7) is 2.43. The van der Waals surface area contributed by atoms with Gasteiger partial charge in [-0.05, 0) is 43.2 Å². The number of carbonyl (C=O) groups is 2.